The summed E-state index contributed by atoms with van der Waals surface area (Å²) < 4.78 is 0. The van der Waals surface area contributed by atoms with Gasteiger partial charge in [-0.25, -0.2) is 9.98 Å². The average Bonchev–Trinajstić information content (AvgIpc) is 2.68. The van der Waals surface area contributed by atoms with Crippen LogP contribution in [0.5, 0.6) is 0 Å². The molecule has 2 aromatic heterocycles. The van der Waals surface area contributed by atoms with Crippen LogP contribution >= 0.6 is 24.0 Å². The zero-order valence-corrected chi connectivity index (χ0v) is 18.0. The molecule has 1 saturated heterocycles. The van der Waals surface area contributed by atoms with E-state index in [-0.39, 0.29) is 24.0 Å². The number of guanidine groups is 1. The van der Waals surface area contributed by atoms with Crippen LogP contribution < -0.4 is 16.0 Å². The van der Waals surface area contributed by atoms with Gasteiger partial charge in [0.1, 0.15) is 5.82 Å². The Morgan fingerprint density at radius 2 is 1.96 bits per heavy atom. The number of nitrogens with one attached hydrogen (secondary N) is 1. The van der Waals surface area contributed by atoms with E-state index in [2.05, 4.69) is 43.2 Å². The van der Waals surface area contributed by atoms with Crippen LogP contribution in [0.3, 0.4) is 0 Å². The van der Waals surface area contributed by atoms with Crippen molar-refractivity contribution in [3.05, 3.63) is 54.0 Å². The van der Waals surface area contributed by atoms with Crippen LogP contribution in [0, 0.1) is 0 Å². The van der Waals surface area contributed by atoms with Crippen molar-refractivity contribution in [2.75, 3.05) is 44.7 Å². The van der Waals surface area contributed by atoms with Gasteiger partial charge in [-0.2, -0.15) is 0 Å². The summed E-state index contributed by atoms with van der Waals surface area (Å²) >= 11 is 0. The highest BCUT2D eigenvalue weighted by atomic mass is 127. The summed E-state index contributed by atoms with van der Waals surface area (Å²) in [6.45, 7) is 5.41. The van der Waals surface area contributed by atoms with E-state index in [1.165, 1.54) is 0 Å². The highest BCUT2D eigenvalue weighted by molar-refractivity contribution is 14.0. The molecular formula is C19H28IN7. The van der Waals surface area contributed by atoms with Crippen molar-refractivity contribution in [2.45, 2.75) is 13.0 Å². The van der Waals surface area contributed by atoms with Gasteiger partial charge in [-0.3, -0.25) is 4.98 Å². The number of anilines is 1. The Hall–Kier alpha value is -1.94. The maximum Gasteiger partial charge on any atom is 0.188 e. The lowest BCUT2D eigenvalue weighted by Gasteiger charge is -2.33. The second-order valence-corrected chi connectivity index (χ2v) is 6.51. The van der Waals surface area contributed by atoms with Crippen LogP contribution in [0.25, 0.3) is 0 Å². The monoisotopic (exact) mass is 481 g/mol. The Balaban J connectivity index is 0.00000261. The number of hydrogen-bond donors (Lipinski definition) is 2. The predicted octanol–water partition coefficient (Wildman–Crippen LogP) is 1.49. The molecule has 1 fully saturated rings. The van der Waals surface area contributed by atoms with E-state index in [9.17, 15) is 0 Å². The van der Waals surface area contributed by atoms with E-state index in [4.69, 9.17) is 5.73 Å². The Bertz CT molecular complexity index is 715. The van der Waals surface area contributed by atoms with Gasteiger partial charge in [0.05, 0.1) is 6.54 Å². The summed E-state index contributed by atoms with van der Waals surface area (Å²) in [5, 5.41) is 3.14. The molecule has 1 aliphatic heterocycles. The third-order valence-electron chi connectivity index (χ3n) is 4.48. The first kappa shape index (κ1) is 21.4. The lowest BCUT2D eigenvalue weighted by atomic mass is 10.2. The summed E-state index contributed by atoms with van der Waals surface area (Å²) in [6.07, 6.45) is 4.47. The highest BCUT2D eigenvalue weighted by Crippen LogP contribution is 2.15. The van der Waals surface area contributed by atoms with Crippen molar-refractivity contribution < 1.29 is 0 Å². The van der Waals surface area contributed by atoms with Gasteiger partial charge in [-0.1, -0.05) is 6.07 Å². The molecule has 146 valence electrons. The third kappa shape index (κ3) is 6.94. The Labute approximate surface area is 178 Å². The minimum absolute atomic E-state index is 0. The number of aromatic nitrogens is 2. The standard InChI is InChI=1S/C19H27N7.HI/c1-25-10-12-26(13-11-25)18-14-16(5-8-22-18)15-24-19(20)23-9-6-17-4-2-3-7-21-17;/h2-5,7-8,14H,6,9-13,15H2,1H3,(H3,20,23,24);1H. The van der Waals surface area contributed by atoms with E-state index < -0.39 is 0 Å². The number of nitrogens with zero attached hydrogens (tertiary/aromatic N) is 5. The molecule has 0 unspecified atom stereocenters. The third-order valence-corrected chi connectivity index (χ3v) is 4.48. The molecular weight excluding hydrogens is 453 g/mol. The van der Waals surface area contributed by atoms with E-state index >= 15 is 0 Å². The quantitative estimate of drug-likeness (QED) is 0.370. The first-order valence-electron chi connectivity index (χ1n) is 9.03. The van der Waals surface area contributed by atoms with Crippen molar-refractivity contribution in [3.63, 3.8) is 0 Å². The number of aliphatic imine (C=N–C) groups is 1. The molecule has 0 bridgehead atoms. The fourth-order valence-electron chi connectivity index (χ4n) is 2.86. The molecule has 0 amide bonds. The van der Waals surface area contributed by atoms with E-state index in [1.54, 1.807) is 6.20 Å². The number of hydrogen-bond acceptors (Lipinski definition) is 5. The van der Waals surface area contributed by atoms with Gasteiger partial charge >= 0.3 is 0 Å². The second-order valence-electron chi connectivity index (χ2n) is 6.51. The Morgan fingerprint density at radius 1 is 1.15 bits per heavy atom. The molecule has 0 saturated carbocycles. The molecule has 3 N–H and O–H groups in total. The van der Waals surface area contributed by atoms with Crippen LogP contribution in [0.1, 0.15) is 11.3 Å². The lowest BCUT2D eigenvalue weighted by Crippen LogP contribution is -2.44. The van der Waals surface area contributed by atoms with Crippen LogP contribution in [0.4, 0.5) is 5.82 Å². The number of halogens is 1. The smallest absolute Gasteiger partial charge is 0.188 e. The maximum absolute atomic E-state index is 5.97. The van der Waals surface area contributed by atoms with Gasteiger partial charge in [0.25, 0.3) is 0 Å². The maximum atomic E-state index is 5.97. The molecule has 0 aromatic carbocycles. The van der Waals surface area contributed by atoms with Crippen LogP contribution in [-0.4, -0.2) is 60.6 Å². The van der Waals surface area contributed by atoms with Gasteiger partial charge in [-0.15, -0.1) is 24.0 Å². The van der Waals surface area contributed by atoms with Crippen LogP contribution in [0.15, 0.2) is 47.7 Å². The lowest BCUT2D eigenvalue weighted by molar-refractivity contribution is 0.312. The number of pyridine rings is 2. The first-order chi connectivity index (χ1) is 12.7. The minimum Gasteiger partial charge on any atom is -0.370 e. The number of nitrogens with two attached hydrogens (primary N) is 1. The Morgan fingerprint density at radius 3 is 2.70 bits per heavy atom. The van der Waals surface area contributed by atoms with E-state index in [0.29, 0.717) is 12.5 Å². The molecule has 0 aliphatic carbocycles. The van der Waals surface area contributed by atoms with Crippen molar-refractivity contribution >= 4 is 35.8 Å². The fourth-order valence-corrected chi connectivity index (χ4v) is 2.86. The number of piperazine rings is 1. The molecule has 3 rings (SSSR count). The Kier molecular flexibility index (Phi) is 8.73. The van der Waals surface area contributed by atoms with Crippen molar-refractivity contribution in [1.82, 2.24) is 20.2 Å². The van der Waals surface area contributed by atoms with Gasteiger partial charge in [0, 0.05) is 57.2 Å². The number of rotatable bonds is 6. The van der Waals surface area contributed by atoms with Gasteiger partial charge in [-0.05, 0) is 36.9 Å². The summed E-state index contributed by atoms with van der Waals surface area (Å²) in [5.41, 5.74) is 8.12. The molecule has 2 aromatic rings. The topological polar surface area (TPSA) is 82.7 Å². The second kappa shape index (κ2) is 11.0. The highest BCUT2D eigenvalue weighted by Gasteiger charge is 2.15. The normalized spacial score (nSPS) is 15.3. The van der Waals surface area contributed by atoms with Gasteiger partial charge < -0.3 is 20.9 Å². The largest absolute Gasteiger partial charge is 0.370 e. The molecule has 0 atom stereocenters. The predicted molar refractivity (Wildman–Crippen MR) is 121 cm³/mol. The van der Waals surface area contributed by atoms with Crippen molar-refractivity contribution in [3.8, 4) is 0 Å². The van der Waals surface area contributed by atoms with E-state index in [1.807, 2.05) is 30.5 Å². The molecule has 27 heavy (non-hydrogen) atoms. The molecule has 7 nitrogen and oxygen atoms in total. The molecule has 3 heterocycles. The molecule has 8 heteroatoms. The van der Waals surface area contributed by atoms with Crippen LogP contribution in [0.2, 0.25) is 0 Å². The first-order valence-corrected chi connectivity index (χ1v) is 9.03. The SMILES string of the molecule is CN1CCN(c2cc(CN=C(N)NCCc3ccccn3)ccn2)CC1.I. The zero-order chi connectivity index (χ0) is 18.2. The summed E-state index contributed by atoms with van der Waals surface area (Å²) in [5.74, 6) is 1.48. The molecule has 0 spiro atoms. The minimum atomic E-state index is 0. The van der Waals surface area contributed by atoms with Crippen molar-refractivity contribution in [2.24, 2.45) is 10.7 Å². The van der Waals surface area contributed by atoms with Gasteiger partial charge in [0.2, 0.25) is 0 Å². The molecule has 1 aliphatic rings. The van der Waals surface area contributed by atoms with Crippen molar-refractivity contribution in [1.29, 1.82) is 0 Å². The summed E-state index contributed by atoms with van der Waals surface area (Å²) in [4.78, 5) is 17.9. The molecule has 0 radical (unpaired) electrons. The average molecular weight is 481 g/mol. The number of likely N-dealkylation sites (N-methyl/N-ethyl adjacent to an activating group) is 1. The summed E-state index contributed by atoms with van der Waals surface area (Å²) in [7, 11) is 2.15. The summed E-state index contributed by atoms with van der Waals surface area (Å²) in [6, 6.07) is 10.0. The van der Waals surface area contributed by atoms with Gasteiger partial charge in [0.15, 0.2) is 5.96 Å². The zero-order valence-electron chi connectivity index (χ0n) is 15.7. The fraction of sp³-hybridized carbons (Fsp3) is 0.421. The van der Waals surface area contributed by atoms with Crippen LogP contribution in [-0.2, 0) is 13.0 Å². The van der Waals surface area contributed by atoms with E-state index in [0.717, 1.165) is 56.2 Å².